The normalized spacial score (nSPS) is 17.4. The summed E-state index contributed by atoms with van der Waals surface area (Å²) in [5.41, 5.74) is 12.4. The minimum Gasteiger partial charge on any atom is -0.442 e. The molecular formula is C17H17ClFN3O3. The van der Waals surface area contributed by atoms with Crippen LogP contribution in [-0.4, -0.2) is 23.1 Å². The molecule has 0 fully saturated rings. The maximum atomic E-state index is 14.9. The molecule has 3 rings (SSSR count). The SMILES string of the molecule is Cc1[nH]c2c(C(N)=O)cc(F)c(C3=CC(OC(N)=O)CCC3)c2c1Cl. The van der Waals surface area contributed by atoms with E-state index in [4.69, 9.17) is 27.8 Å². The van der Waals surface area contributed by atoms with E-state index in [1.165, 1.54) is 0 Å². The lowest BCUT2D eigenvalue weighted by molar-refractivity contribution is 0.100. The first-order chi connectivity index (χ1) is 11.8. The number of hydrogen-bond donors (Lipinski definition) is 3. The van der Waals surface area contributed by atoms with Gasteiger partial charge in [-0.3, -0.25) is 4.79 Å². The highest BCUT2D eigenvalue weighted by atomic mass is 35.5. The molecule has 132 valence electrons. The second-order valence-electron chi connectivity index (χ2n) is 6.02. The summed E-state index contributed by atoms with van der Waals surface area (Å²) in [5, 5.41) is 0.727. The van der Waals surface area contributed by atoms with Crippen LogP contribution in [0.5, 0.6) is 0 Å². The highest BCUT2D eigenvalue weighted by Crippen LogP contribution is 2.40. The maximum absolute atomic E-state index is 14.9. The van der Waals surface area contributed by atoms with Gasteiger partial charge in [0, 0.05) is 16.6 Å². The zero-order valence-electron chi connectivity index (χ0n) is 13.5. The molecule has 0 radical (unpaired) electrons. The number of hydrogen-bond acceptors (Lipinski definition) is 3. The molecule has 0 bridgehead atoms. The summed E-state index contributed by atoms with van der Waals surface area (Å²) < 4.78 is 19.9. The van der Waals surface area contributed by atoms with Crippen LogP contribution in [0.25, 0.3) is 16.5 Å². The molecule has 0 saturated carbocycles. The number of nitrogens with two attached hydrogens (primary N) is 2. The Morgan fingerprint density at radius 2 is 2.12 bits per heavy atom. The number of amides is 2. The van der Waals surface area contributed by atoms with E-state index in [2.05, 4.69) is 4.98 Å². The molecule has 1 aliphatic rings. The number of benzene rings is 1. The average Bonchev–Trinajstić information content (AvgIpc) is 2.82. The van der Waals surface area contributed by atoms with Crippen molar-refractivity contribution < 1.29 is 18.7 Å². The second-order valence-corrected chi connectivity index (χ2v) is 6.40. The van der Waals surface area contributed by atoms with Crippen molar-refractivity contribution in [2.75, 3.05) is 0 Å². The Balaban J connectivity index is 2.24. The van der Waals surface area contributed by atoms with Crippen LogP contribution in [0.3, 0.4) is 0 Å². The fourth-order valence-electron chi connectivity index (χ4n) is 3.27. The molecule has 1 aliphatic carbocycles. The summed E-state index contributed by atoms with van der Waals surface area (Å²) >= 11 is 6.35. The van der Waals surface area contributed by atoms with Crippen molar-refractivity contribution in [2.24, 2.45) is 11.5 Å². The fraction of sp³-hybridized carbons (Fsp3) is 0.294. The average molecular weight is 366 g/mol. The molecule has 1 heterocycles. The number of aromatic nitrogens is 1. The molecule has 0 aliphatic heterocycles. The molecule has 1 aromatic heterocycles. The fourth-order valence-corrected chi connectivity index (χ4v) is 3.51. The van der Waals surface area contributed by atoms with Crippen molar-refractivity contribution in [3.05, 3.63) is 39.8 Å². The number of primary amides is 2. The lowest BCUT2D eigenvalue weighted by atomic mass is 9.89. The van der Waals surface area contributed by atoms with Crippen LogP contribution in [-0.2, 0) is 4.74 Å². The first kappa shape index (κ1) is 17.3. The third-order valence-corrected chi connectivity index (χ3v) is 4.79. The van der Waals surface area contributed by atoms with E-state index in [0.717, 1.165) is 6.07 Å². The first-order valence-corrected chi connectivity index (χ1v) is 8.14. The summed E-state index contributed by atoms with van der Waals surface area (Å²) in [6, 6.07) is 1.10. The summed E-state index contributed by atoms with van der Waals surface area (Å²) in [4.78, 5) is 25.6. The highest BCUT2D eigenvalue weighted by molar-refractivity contribution is 6.37. The Hall–Kier alpha value is -2.54. The van der Waals surface area contributed by atoms with E-state index >= 15 is 0 Å². The van der Waals surface area contributed by atoms with Crippen molar-refractivity contribution >= 4 is 40.1 Å². The molecule has 8 heteroatoms. The van der Waals surface area contributed by atoms with Gasteiger partial charge >= 0.3 is 6.09 Å². The summed E-state index contributed by atoms with van der Waals surface area (Å²) in [6.07, 6.45) is 2.16. The van der Waals surface area contributed by atoms with Crippen molar-refractivity contribution in [3.63, 3.8) is 0 Å². The van der Waals surface area contributed by atoms with Gasteiger partial charge in [0.2, 0.25) is 0 Å². The number of halogens is 2. The van der Waals surface area contributed by atoms with Crippen molar-refractivity contribution in [1.82, 2.24) is 4.98 Å². The number of carbonyl (C=O) groups excluding carboxylic acids is 2. The second kappa shape index (κ2) is 6.40. The molecule has 1 aromatic carbocycles. The lowest BCUT2D eigenvalue weighted by Gasteiger charge is -2.22. The van der Waals surface area contributed by atoms with E-state index in [0.29, 0.717) is 46.5 Å². The molecule has 6 nitrogen and oxygen atoms in total. The number of carbonyl (C=O) groups is 2. The van der Waals surface area contributed by atoms with Gasteiger partial charge in [0.25, 0.3) is 5.91 Å². The van der Waals surface area contributed by atoms with Crippen LogP contribution in [0.15, 0.2) is 12.1 Å². The Kier molecular flexibility index (Phi) is 4.43. The number of ether oxygens (including phenoxy) is 1. The Labute approximate surface area is 147 Å². The summed E-state index contributed by atoms with van der Waals surface area (Å²) in [5.74, 6) is -1.35. The molecule has 1 atom stereocenters. The molecule has 0 spiro atoms. The van der Waals surface area contributed by atoms with E-state index in [9.17, 15) is 14.0 Å². The van der Waals surface area contributed by atoms with Gasteiger partial charge in [0.15, 0.2) is 0 Å². The zero-order valence-corrected chi connectivity index (χ0v) is 14.2. The van der Waals surface area contributed by atoms with E-state index in [-0.39, 0.29) is 11.1 Å². The minimum atomic E-state index is -0.882. The van der Waals surface area contributed by atoms with Gasteiger partial charge in [-0.2, -0.15) is 0 Å². The maximum Gasteiger partial charge on any atom is 0.405 e. The number of H-pyrrole nitrogens is 1. The number of nitrogens with one attached hydrogen (secondary N) is 1. The van der Waals surface area contributed by atoms with E-state index in [1.54, 1.807) is 13.0 Å². The molecule has 1 unspecified atom stereocenters. The largest absolute Gasteiger partial charge is 0.442 e. The number of aryl methyl sites for hydroxylation is 1. The predicted octanol–water partition coefficient (Wildman–Crippen LogP) is 3.40. The summed E-state index contributed by atoms with van der Waals surface area (Å²) in [7, 11) is 0. The Morgan fingerprint density at radius 3 is 2.76 bits per heavy atom. The van der Waals surface area contributed by atoms with Crippen LogP contribution >= 0.6 is 11.6 Å². The topological polar surface area (TPSA) is 111 Å². The van der Waals surface area contributed by atoms with Crippen molar-refractivity contribution in [1.29, 1.82) is 0 Å². The number of fused-ring (bicyclic) bond motifs is 1. The van der Waals surface area contributed by atoms with Crippen LogP contribution in [0.1, 0.15) is 40.9 Å². The molecule has 2 amide bonds. The van der Waals surface area contributed by atoms with Crippen LogP contribution in [0, 0.1) is 12.7 Å². The van der Waals surface area contributed by atoms with Gasteiger partial charge in [-0.15, -0.1) is 0 Å². The minimum absolute atomic E-state index is 0.0348. The van der Waals surface area contributed by atoms with Gasteiger partial charge in [0.1, 0.15) is 11.9 Å². The molecular weight excluding hydrogens is 349 g/mol. The number of rotatable bonds is 3. The Morgan fingerprint density at radius 1 is 1.40 bits per heavy atom. The smallest absolute Gasteiger partial charge is 0.405 e. The third-order valence-electron chi connectivity index (χ3n) is 4.32. The van der Waals surface area contributed by atoms with Gasteiger partial charge in [-0.05, 0) is 43.9 Å². The zero-order chi connectivity index (χ0) is 18.3. The third kappa shape index (κ3) is 3.07. The quantitative estimate of drug-likeness (QED) is 0.774. The predicted molar refractivity (Wildman–Crippen MR) is 92.8 cm³/mol. The molecule has 0 saturated heterocycles. The van der Waals surface area contributed by atoms with Gasteiger partial charge in [0.05, 0.1) is 16.1 Å². The lowest BCUT2D eigenvalue weighted by Crippen LogP contribution is -2.23. The van der Waals surface area contributed by atoms with Crippen LogP contribution in [0.4, 0.5) is 9.18 Å². The van der Waals surface area contributed by atoms with Gasteiger partial charge < -0.3 is 21.2 Å². The molecule has 5 N–H and O–H groups in total. The molecule has 2 aromatic rings. The van der Waals surface area contributed by atoms with Gasteiger partial charge in [-0.25, -0.2) is 9.18 Å². The highest BCUT2D eigenvalue weighted by Gasteiger charge is 2.25. The standard InChI is InChI=1S/C17H17ClFN3O3/c1-7-14(18)13-12(8-3-2-4-9(5-8)25-17(21)24)11(19)6-10(16(20)23)15(13)22-7/h5-6,9,22H,2-4H2,1H3,(H2,20,23)(H2,21,24). The monoisotopic (exact) mass is 365 g/mol. The Bertz CT molecular complexity index is 920. The van der Waals surface area contributed by atoms with E-state index < -0.39 is 23.9 Å². The van der Waals surface area contributed by atoms with Crippen molar-refractivity contribution in [2.45, 2.75) is 32.3 Å². The number of aromatic amines is 1. The van der Waals surface area contributed by atoms with Crippen LogP contribution < -0.4 is 11.5 Å². The first-order valence-electron chi connectivity index (χ1n) is 7.76. The van der Waals surface area contributed by atoms with E-state index in [1.807, 2.05) is 0 Å². The number of allylic oxidation sites excluding steroid dienone is 1. The summed E-state index contributed by atoms with van der Waals surface area (Å²) in [6.45, 7) is 1.73. The molecule has 25 heavy (non-hydrogen) atoms. The van der Waals surface area contributed by atoms with Crippen LogP contribution in [0.2, 0.25) is 5.02 Å². The van der Waals surface area contributed by atoms with Crippen molar-refractivity contribution in [3.8, 4) is 0 Å². The van der Waals surface area contributed by atoms with Gasteiger partial charge in [-0.1, -0.05) is 11.6 Å².